The van der Waals surface area contributed by atoms with Crippen molar-refractivity contribution in [3.63, 3.8) is 0 Å². The highest BCUT2D eigenvalue weighted by Gasteiger charge is 2.20. The minimum atomic E-state index is -0.364. The second kappa shape index (κ2) is 14.7. The highest BCUT2D eigenvalue weighted by molar-refractivity contribution is 6.12. The SMILES string of the molecule is [2H]c1c(-c2cccc(-c3ccccc3)c2)c([2H])c2c(oc3c([2H])c(-c4nc(-c5cc(-c6ccccc6)cc(-c6ccccc6)c5)nc(-c5cccc6oc7ccccc7c56)n4)c([2H])c([2H])c32)c1[2H]. The van der Waals surface area contributed by atoms with Gasteiger partial charge in [0, 0.05) is 38.2 Å². The van der Waals surface area contributed by atoms with Crippen LogP contribution in [0.5, 0.6) is 0 Å². The molecule has 0 N–H and O–H groups in total. The molecule has 0 amide bonds. The molecule has 0 radical (unpaired) electrons. The first kappa shape index (κ1) is 29.7. The number of hydrogen-bond donors (Lipinski definition) is 0. The summed E-state index contributed by atoms with van der Waals surface area (Å²) in [5.41, 5.74) is 8.65. The van der Waals surface area contributed by atoms with Crippen LogP contribution in [0.2, 0.25) is 0 Å². The van der Waals surface area contributed by atoms with Gasteiger partial charge in [-0.15, -0.1) is 0 Å². The maximum absolute atomic E-state index is 9.76. The Morgan fingerprint density at radius 1 is 0.306 bits per heavy atom. The quantitative estimate of drug-likeness (QED) is 0.161. The summed E-state index contributed by atoms with van der Waals surface area (Å²) in [7, 11) is 0. The van der Waals surface area contributed by atoms with Crippen LogP contribution in [-0.4, -0.2) is 15.0 Å². The maximum Gasteiger partial charge on any atom is 0.164 e. The molecule has 3 aromatic heterocycles. The molecule has 0 saturated carbocycles. The lowest BCUT2D eigenvalue weighted by Crippen LogP contribution is -2.01. The van der Waals surface area contributed by atoms with Gasteiger partial charge in [0.2, 0.25) is 0 Å². The van der Waals surface area contributed by atoms with Gasteiger partial charge in [0.15, 0.2) is 17.5 Å². The Morgan fingerprint density at radius 3 is 1.55 bits per heavy atom. The summed E-state index contributed by atoms with van der Waals surface area (Å²) in [6.07, 6.45) is 0. The average Bonchev–Trinajstić information content (AvgIpc) is 3.99. The Hall–Kier alpha value is -8.41. The lowest BCUT2D eigenvalue weighted by molar-refractivity contribution is 0.668. The van der Waals surface area contributed by atoms with E-state index in [4.69, 9.17) is 25.2 Å². The molecule has 0 unspecified atom stereocenters. The molecule has 62 heavy (non-hydrogen) atoms. The van der Waals surface area contributed by atoms with Crippen LogP contribution in [0.4, 0.5) is 0 Å². The molecular weight excluding hydrogens is 759 g/mol. The lowest BCUT2D eigenvalue weighted by Gasteiger charge is -2.13. The third-order valence-electron chi connectivity index (χ3n) is 11.2. The topological polar surface area (TPSA) is 65.0 Å². The van der Waals surface area contributed by atoms with Crippen LogP contribution in [0.1, 0.15) is 8.22 Å². The summed E-state index contributed by atoms with van der Waals surface area (Å²) >= 11 is 0. The number of furan rings is 2. The standard InChI is InChI=1S/C57H35N3O2/c1-4-14-36(15-5-1)39-20-12-21-40(30-39)41-27-29-51-49(34-41)46-28-26-42(35-53(46)62-51)55-58-56(60-57(59-55)48-23-13-25-52-54(48)47-22-10-11-24-50(47)61-52)45-32-43(37-16-6-2-7-17-37)31-44(33-45)38-18-8-3-9-19-38/h1-35H/i26D,27D,28D,29D,34D,35D. The zero-order chi connectivity index (χ0) is 46.2. The monoisotopic (exact) mass is 799 g/mol. The molecule has 12 aromatic rings. The predicted octanol–water partition coefficient (Wildman–Crippen LogP) is 15.3. The van der Waals surface area contributed by atoms with E-state index in [0.29, 0.717) is 27.9 Å². The third kappa shape index (κ3) is 6.32. The van der Waals surface area contributed by atoms with Crippen LogP contribution in [-0.2, 0) is 0 Å². The first-order valence-corrected chi connectivity index (χ1v) is 20.3. The molecular formula is C57H35N3O2. The minimum Gasteiger partial charge on any atom is -0.456 e. The third-order valence-corrected chi connectivity index (χ3v) is 11.2. The molecule has 9 aromatic carbocycles. The summed E-state index contributed by atoms with van der Waals surface area (Å²) in [5, 5.41) is 1.75. The Labute approximate surface area is 365 Å². The zero-order valence-electron chi connectivity index (χ0n) is 38.9. The molecule has 0 fully saturated rings. The van der Waals surface area contributed by atoms with Crippen molar-refractivity contribution in [1.29, 1.82) is 0 Å². The second-order valence-corrected chi connectivity index (χ2v) is 15.1. The Kier molecular flexibility index (Phi) is 7.05. The van der Waals surface area contributed by atoms with Crippen LogP contribution in [0.15, 0.2) is 221 Å². The van der Waals surface area contributed by atoms with E-state index in [1.165, 1.54) is 0 Å². The van der Waals surface area contributed by atoms with Gasteiger partial charge in [0.05, 0.1) is 8.22 Å². The summed E-state index contributed by atoms with van der Waals surface area (Å²) in [5.74, 6) is 0.485. The number of aromatic nitrogens is 3. The first-order valence-electron chi connectivity index (χ1n) is 23.3. The molecule has 0 bridgehead atoms. The molecule has 5 nitrogen and oxygen atoms in total. The average molecular weight is 800 g/mol. The van der Waals surface area contributed by atoms with Gasteiger partial charge < -0.3 is 8.83 Å². The van der Waals surface area contributed by atoms with E-state index < -0.39 is 0 Å². The van der Waals surface area contributed by atoms with E-state index in [2.05, 4.69) is 6.07 Å². The minimum absolute atomic E-state index is 0.0323. The maximum atomic E-state index is 9.76. The molecule has 3 heterocycles. The molecule has 0 spiro atoms. The van der Waals surface area contributed by atoms with E-state index in [1.54, 1.807) is 6.07 Å². The van der Waals surface area contributed by atoms with Gasteiger partial charge in [-0.25, -0.2) is 15.0 Å². The van der Waals surface area contributed by atoms with Gasteiger partial charge >= 0.3 is 0 Å². The second-order valence-electron chi connectivity index (χ2n) is 15.1. The van der Waals surface area contributed by atoms with Gasteiger partial charge in [-0.05, 0) is 105 Å². The van der Waals surface area contributed by atoms with Gasteiger partial charge in [-0.3, -0.25) is 0 Å². The molecule has 5 heteroatoms. The number of rotatable bonds is 7. The summed E-state index contributed by atoms with van der Waals surface area (Å²) in [4.78, 5) is 15.2. The highest BCUT2D eigenvalue weighted by atomic mass is 16.3. The molecule has 0 aliphatic heterocycles. The van der Waals surface area contributed by atoms with E-state index >= 15 is 0 Å². The number of nitrogens with zero attached hydrogens (tertiary/aromatic N) is 3. The Bertz CT molecular complexity index is 3930. The fourth-order valence-electron chi connectivity index (χ4n) is 8.18. The molecule has 0 aliphatic rings. The summed E-state index contributed by atoms with van der Waals surface area (Å²) in [6, 6.07) is 55.1. The van der Waals surface area contributed by atoms with Crippen LogP contribution < -0.4 is 0 Å². The van der Waals surface area contributed by atoms with E-state index in [1.807, 2.05) is 164 Å². The highest BCUT2D eigenvalue weighted by Crippen LogP contribution is 2.39. The Morgan fingerprint density at radius 2 is 0.823 bits per heavy atom. The number of para-hydroxylation sites is 1. The van der Waals surface area contributed by atoms with E-state index in [9.17, 15) is 6.85 Å². The fraction of sp³-hybridized carbons (Fsp3) is 0. The summed E-state index contributed by atoms with van der Waals surface area (Å²) in [6.45, 7) is 0. The van der Waals surface area contributed by atoms with Gasteiger partial charge in [0.1, 0.15) is 22.3 Å². The van der Waals surface area contributed by atoms with Crippen LogP contribution in [0.3, 0.4) is 0 Å². The van der Waals surface area contributed by atoms with Crippen molar-refractivity contribution < 1.29 is 17.1 Å². The smallest absolute Gasteiger partial charge is 0.164 e. The van der Waals surface area contributed by atoms with Crippen molar-refractivity contribution in [2.75, 3.05) is 0 Å². The van der Waals surface area contributed by atoms with Crippen molar-refractivity contribution in [1.82, 2.24) is 15.0 Å². The molecule has 12 rings (SSSR count). The number of fused-ring (bicyclic) bond motifs is 6. The lowest BCUT2D eigenvalue weighted by atomic mass is 9.96. The largest absolute Gasteiger partial charge is 0.456 e. The van der Waals surface area contributed by atoms with Crippen LogP contribution in [0.25, 0.3) is 123 Å². The van der Waals surface area contributed by atoms with Crippen molar-refractivity contribution >= 4 is 43.9 Å². The molecule has 0 saturated heterocycles. The molecule has 0 aliphatic carbocycles. The van der Waals surface area contributed by atoms with Gasteiger partial charge in [-0.2, -0.15) is 0 Å². The Balaban J connectivity index is 1.11. The zero-order valence-corrected chi connectivity index (χ0v) is 32.9. The number of benzene rings is 9. The van der Waals surface area contributed by atoms with Crippen molar-refractivity contribution in [2.45, 2.75) is 0 Å². The van der Waals surface area contributed by atoms with E-state index in [-0.39, 0.29) is 86.8 Å². The molecule has 0 atom stereocenters. The first-order chi connectivity index (χ1) is 33.2. The fourth-order valence-corrected chi connectivity index (χ4v) is 8.18. The van der Waals surface area contributed by atoms with E-state index in [0.717, 1.165) is 44.2 Å². The van der Waals surface area contributed by atoms with Gasteiger partial charge in [0.25, 0.3) is 0 Å². The number of hydrogen-bond acceptors (Lipinski definition) is 5. The normalized spacial score (nSPS) is 12.9. The van der Waals surface area contributed by atoms with Crippen molar-refractivity contribution in [3.8, 4) is 78.7 Å². The molecule has 290 valence electrons. The summed E-state index contributed by atoms with van der Waals surface area (Å²) < 4.78 is 69.4. The predicted molar refractivity (Wildman–Crippen MR) is 252 cm³/mol. The van der Waals surface area contributed by atoms with Crippen molar-refractivity contribution in [3.05, 3.63) is 212 Å². The van der Waals surface area contributed by atoms with Gasteiger partial charge in [-0.1, -0.05) is 152 Å². The van der Waals surface area contributed by atoms with Crippen LogP contribution in [0, 0.1) is 0 Å². The van der Waals surface area contributed by atoms with Crippen molar-refractivity contribution in [2.24, 2.45) is 0 Å². The van der Waals surface area contributed by atoms with Crippen LogP contribution >= 0.6 is 0 Å².